The largest absolute Gasteiger partial charge is 0.431 e. The first-order chi connectivity index (χ1) is 11.9. The molecule has 1 aliphatic heterocycles. The Morgan fingerprint density at radius 1 is 1.32 bits per heavy atom. The van der Waals surface area contributed by atoms with Gasteiger partial charge in [-0.1, -0.05) is 6.07 Å². The number of rotatable bonds is 4. The lowest BCUT2D eigenvalue weighted by Gasteiger charge is -2.28. The molecule has 1 fully saturated rings. The molecule has 0 radical (unpaired) electrons. The lowest BCUT2D eigenvalue weighted by Crippen LogP contribution is -2.37. The second-order valence-electron chi connectivity index (χ2n) is 5.57. The van der Waals surface area contributed by atoms with Gasteiger partial charge in [0.1, 0.15) is 11.5 Å². The highest BCUT2D eigenvalue weighted by Crippen LogP contribution is 2.28. The van der Waals surface area contributed by atoms with E-state index in [-0.39, 0.29) is 12.1 Å². The molecule has 2 N–H and O–H groups in total. The minimum absolute atomic E-state index is 0.0725. The Morgan fingerprint density at radius 3 is 2.76 bits per heavy atom. The predicted molar refractivity (Wildman–Crippen MR) is 84.2 cm³/mol. The van der Waals surface area contributed by atoms with Gasteiger partial charge >= 0.3 is 6.18 Å². The third-order valence-electron chi connectivity index (χ3n) is 3.81. The van der Waals surface area contributed by atoms with E-state index in [1.165, 1.54) is 0 Å². The molecular weight excluding hydrogens is 337 g/mol. The summed E-state index contributed by atoms with van der Waals surface area (Å²) in [6.45, 7) is 2.89. The van der Waals surface area contributed by atoms with Crippen molar-refractivity contribution in [1.82, 2.24) is 15.3 Å². The summed E-state index contributed by atoms with van der Waals surface area (Å²) in [6.07, 6.45) is -3.47. The Kier molecular flexibility index (Phi) is 4.93. The number of carbonyl (C=O) groups excluding carboxylic acids is 1. The molecule has 0 spiro atoms. The number of aromatic amines is 1. The van der Waals surface area contributed by atoms with Crippen LogP contribution in [0.25, 0.3) is 0 Å². The van der Waals surface area contributed by atoms with Crippen molar-refractivity contribution in [3.8, 4) is 0 Å². The number of halogens is 3. The number of alkyl halides is 3. The number of pyridine rings is 1. The van der Waals surface area contributed by atoms with Crippen LogP contribution in [0, 0.1) is 0 Å². The molecule has 0 atom stereocenters. The van der Waals surface area contributed by atoms with Gasteiger partial charge in [0.2, 0.25) is 0 Å². The quantitative estimate of drug-likeness (QED) is 0.883. The zero-order valence-corrected chi connectivity index (χ0v) is 13.3. The zero-order chi connectivity index (χ0) is 17.9. The van der Waals surface area contributed by atoms with Crippen LogP contribution in [0.4, 0.5) is 19.0 Å². The van der Waals surface area contributed by atoms with E-state index in [0.717, 1.165) is 31.2 Å². The molecule has 1 amide bonds. The average molecular weight is 354 g/mol. The number of ether oxygens (including phenoxy) is 1. The second kappa shape index (κ2) is 7.14. The van der Waals surface area contributed by atoms with Gasteiger partial charge in [0, 0.05) is 19.3 Å². The molecule has 3 heterocycles. The van der Waals surface area contributed by atoms with Crippen molar-refractivity contribution in [1.29, 1.82) is 0 Å². The summed E-state index contributed by atoms with van der Waals surface area (Å²) in [6, 6.07) is 6.24. The van der Waals surface area contributed by atoms with E-state index in [1.54, 1.807) is 6.07 Å². The number of nitrogens with one attached hydrogen (secondary N) is 2. The van der Waals surface area contributed by atoms with Crippen LogP contribution in [0.1, 0.15) is 21.7 Å². The molecule has 2 aromatic heterocycles. The summed E-state index contributed by atoms with van der Waals surface area (Å²) in [5, 5.41) is 2.58. The smallest absolute Gasteiger partial charge is 0.378 e. The maximum Gasteiger partial charge on any atom is 0.431 e. The van der Waals surface area contributed by atoms with Crippen LogP contribution in [0.3, 0.4) is 0 Å². The van der Waals surface area contributed by atoms with Gasteiger partial charge in [0.05, 0.1) is 31.0 Å². The Bertz CT molecular complexity index is 739. The Labute approximate surface area is 142 Å². The first kappa shape index (κ1) is 17.3. The first-order valence-electron chi connectivity index (χ1n) is 7.76. The monoisotopic (exact) mass is 354 g/mol. The minimum atomic E-state index is -4.51. The van der Waals surface area contributed by atoms with E-state index in [0.29, 0.717) is 18.9 Å². The molecule has 3 rings (SSSR count). The summed E-state index contributed by atoms with van der Waals surface area (Å²) in [7, 11) is 0. The van der Waals surface area contributed by atoms with Crippen molar-refractivity contribution in [2.45, 2.75) is 12.7 Å². The normalized spacial score (nSPS) is 15.2. The van der Waals surface area contributed by atoms with Crippen molar-refractivity contribution in [2.24, 2.45) is 0 Å². The van der Waals surface area contributed by atoms with Gasteiger partial charge in [-0.05, 0) is 18.2 Å². The zero-order valence-electron chi connectivity index (χ0n) is 13.3. The van der Waals surface area contributed by atoms with Gasteiger partial charge in [0.15, 0.2) is 0 Å². The summed E-state index contributed by atoms with van der Waals surface area (Å²) in [5.41, 5.74) is -0.398. The molecule has 1 saturated heterocycles. The maximum absolute atomic E-state index is 12.6. The van der Waals surface area contributed by atoms with Gasteiger partial charge in [-0.2, -0.15) is 13.2 Å². The van der Waals surface area contributed by atoms with Gasteiger partial charge in [0.25, 0.3) is 5.91 Å². The Morgan fingerprint density at radius 2 is 2.08 bits per heavy atom. The molecule has 134 valence electrons. The van der Waals surface area contributed by atoms with Gasteiger partial charge in [-0.3, -0.25) is 4.79 Å². The van der Waals surface area contributed by atoms with E-state index in [4.69, 9.17) is 4.74 Å². The van der Waals surface area contributed by atoms with E-state index in [1.807, 2.05) is 12.1 Å². The molecule has 0 bridgehead atoms. The first-order valence-corrected chi connectivity index (χ1v) is 7.76. The van der Waals surface area contributed by atoms with Crippen LogP contribution in [0.5, 0.6) is 0 Å². The number of H-pyrrole nitrogens is 1. The fourth-order valence-electron chi connectivity index (χ4n) is 2.50. The number of hydrogen-bond donors (Lipinski definition) is 2. The lowest BCUT2D eigenvalue weighted by molar-refractivity contribution is -0.140. The van der Waals surface area contributed by atoms with Crippen LogP contribution >= 0.6 is 0 Å². The molecule has 1 aliphatic rings. The number of morpholine rings is 1. The second-order valence-corrected chi connectivity index (χ2v) is 5.57. The number of hydrogen-bond acceptors (Lipinski definition) is 4. The molecule has 6 nitrogen and oxygen atoms in total. The highest BCUT2D eigenvalue weighted by Gasteiger charge is 2.32. The lowest BCUT2D eigenvalue weighted by atomic mass is 10.2. The van der Waals surface area contributed by atoms with Crippen molar-refractivity contribution in [3.63, 3.8) is 0 Å². The highest BCUT2D eigenvalue weighted by atomic mass is 19.4. The predicted octanol–water partition coefficient (Wildman–Crippen LogP) is 2.20. The number of nitrogens with zero attached hydrogens (tertiary/aromatic N) is 2. The number of amides is 1. The van der Waals surface area contributed by atoms with Gasteiger partial charge < -0.3 is 19.9 Å². The summed E-state index contributed by atoms with van der Waals surface area (Å²) < 4.78 is 42.9. The topological polar surface area (TPSA) is 70.2 Å². The van der Waals surface area contributed by atoms with Crippen LogP contribution in [-0.4, -0.2) is 42.2 Å². The van der Waals surface area contributed by atoms with Crippen molar-refractivity contribution in [3.05, 3.63) is 47.4 Å². The molecule has 2 aromatic rings. The Balaban J connectivity index is 1.61. The SMILES string of the molecule is O=C(NCc1cccc(N2CCOCC2)n1)c1c[nH]c(C(F)(F)F)c1. The number of carbonyl (C=O) groups is 1. The van der Waals surface area contributed by atoms with Crippen molar-refractivity contribution in [2.75, 3.05) is 31.2 Å². The summed E-state index contributed by atoms with van der Waals surface area (Å²) in [4.78, 5) is 20.6. The van der Waals surface area contributed by atoms with Crippen molar-refractivity contribution >= 4 is 11.7 Å². The highest BCUT2D eigenvalue weighted by molar-refractivity contribution is 5.94. The third-order valence-corrected chi connectivity index (χ3v) is 3.81. The fourth-order valence-corrected chi connectivity index (χ4v) is 2.50. The fraction of sp³-hybridized carbons (Fsp3) is 0.375. The van der Waals surface area contributed by atoms with E-state index in [9.17, 15) is 18.0 Å². The van der Waals surface area contributed by atoms with E-state index in [2.05, 4.69) is 20.2 Å². The molecular formula is C16H17F3N4O2. The molecule has 9 heteroatoms. The number of anilines is 1. The van der Waals surface area contributed by atoms with Crippen LogP contribution in [0.15, 0.2) is 30.5 Å². The Hall–Kier alpha value is -2.55. The molecule has 0 saturated carbocycles. The number of aromatic nitrogens is 2. The average Bonchev–Trinajstić information content (AvgIpc) is 3.11. The molecule has 0 aliphatic carbocycles. The minimum Gasteiger partial charge on any atom is -0.378 e. The van der Waals surface area contributed by atoms with Gasteiger partial charge in [-0.25, -0.2) is 4.98 Å². The van der Waals surface area contributed by atoms with E-state index >= 15 is 0 Å². The molecule has 25 heavy (non-hydrogen) atoms. The standard InChI is InChI=1S/C16H17F3N4O2/c17-16(18,19)13-8-11(9-20-13)15(24)21-10-12-2-1-3-14(22-12)23-4-6-25-7-5-23/h1-3,8-9,20H,4-7,10H2,(H,21,24). The third kappa shape index (κ3) is 4.30. The molecule has 0 unspecified atom stereocenters. The van der Waals surface area contributed by atoms with Crippen LogP contribution < -0.4 is 10.2 Å². The van der Waals surface area contributed by atoms with Crippen LogP contribution in [0.2, 0.25) is 0 Å². The van der Waals surface area contributed by atoms with E-state index < -0.39 is 17.8 Å². The van der Waals surface area contributed by atoms with Gasteiger partial charge in [-0.15, -0.1) is 0 Å². The molecule has 0 aromatic carbocycles. The summed E-state index contributed by atoms with van der Waals surface area (Å²) in [5.74, 6) is 0.196. The maximum atomic E-state index is 12.6. The summed E-state index contributed by atoms with van der Waals surface area (Å²) >= 11 is 0. The van der Waals surface area contributed by atoms with Crippen LogP contribution in [-0.2, 0) is 17.5 Å². The van der Waals surface area contributed by atoms with Crippen molar-refractivity contribution < 1.29 is 22.7 Å².